The molecular weight excluding hydrogens is 360 g/mol. The first-order valence-corrected chi connectivity index (χ1v) is 8.62. The van der Waals surface area contributed by atoms with Gasteiger partial charge in [0.15, 0.2) is 5.11 Å². The van der Waals surface area contributed by atoms with Crippen LogP contribution in [0.3, 0.4) is 0 Å². The molecule has 8 heteroatoms. The second-order valence-corrected chi connectivity index (χ2v) is 6.76. The number of hydrogen-bond acceptors (Lipinski definition) is 6. The highest BCUT2D eigenvalue weighted by molar-refractivity contribution is 7.80. The number of aryl methyl sites for hydroxylation is 1. The Kier molecular flexibility index (Phi) is 6.22. The third kappa shape index (κ3) is 4.21. The van der Waals surface area contributed by atoms with Crippen molar-refractivity contribution in [1.82, 2.24) is 0 Å². The first kappa shape index (κ1) is 19.0. The van der Waals surface area contributed by atoms with Gasteiger partial charge >= 0.3 is 5.97 Å². The molecule has 0 aliphatic heterocycles. The number of hydrogen-bond donors (Lipinski definition) is 2. The number of thiocarbonyl (C=S) groups is 1. The Morgan fingerprint density at radius 2 is 1.84 bits per heavy atom. The van der Waals surface area contributed by atoms with Crippen LogP contribution < -0.4 is 20.1 Å². The highest BCUT2D eigenvalue weighted by Crippen LogP contribution is 2.34. The highest BCUT2D eigenvalue weighted by atomic mass is 32.1. The van der Waals surface area contributed by atoms with E-state index in [2.05, 4.69) is 10.6 Å². The molecule has 2 rings (SSSR count). The zero-order valence-corrected chi connectivity index (χ0v) is 16.3. The van der Waals surface area contributed by atoms with Gasteiger partial charge in [-0.25, -0.2) is 4.79 Å². The summed E-state index contributed by atoms with van der Waals surface area (Å²) in [6, 6.07) is 5.36. The van der Waals surface area contributed by atoms with Crippen LogP contribution in [0.5, 0.6) is 11.5 Å². The molecule has 0 saturated carbocycles. The maximum absolute atomic E-state index is 12.0. The fraction of sp³-hybridized carbons (Fsp3) is 0.294. The molecule has 0 atom stereocenters. The summed E-state index contributed by atoms with van der Waals surface area (Å²) in [5.74, 6) is 0.878. The molecule has 1 aromatic heterocycles. The number of carbonyl (C=O) groups excluding carboxylic acids is 1. The SMILES string of the molecule is COC(=O)c1c(NC(=S)Nc2ccc(OC)cc2OC)sc(C)c1C. The van der Waals surface area contributed by atoms with E-state index in [1.54, 1.807) is 32.4 Å². The van der Waals surface area contributed by atoms with E-state index in [1.165, 1.54) is 18.4 Å². The van der Waals surface area contributed by atoms with Crippen molar-refractivity contribution < 1.29 is 19.0 Å². The van der Waals surface area contributed by atoms with Crippen molar-refractivity contribution in [3.8, 4) is 11.5 Å². The van der Waals surface area contributed by atoms with Crippen LogP contribution in [0.25, 0.3) is 0 Å². The van der Waals surface area contributed by atoms with Crippen LogP contribution in [0.2, 0.25) is 0 Å². The van der Waals surface area contributed by atoms with Gasteiger partial charge in [0.1, 0.15) is 16.5 Å². The molecule has 2 aromatic rings. The standard InChI is InChI=1S/C17H20N2O4S2/c1-9-10(2)25-15(14(9)16(20)23-5)19-17(24)18-12-7-6-11(21-3)8-13(12)22-4/h6-8H,1-5H3,(H2,18,19,24). The smallest absolute Gasteiger partial charge is 0.341 e. The molecule has 0 unspecified atom stereocenters. The van der Waals surface area contributed by atoms with Crippen molar-refractivity contribution in [2.24, 2.45) is 0 Å². The lowest BCUT2D eigenvalue weighted by atomic mass is 10.1. The maximum Gasteiger partial charge on any atom is 0.341 e. The number of rotatable bonds is 5. The van der Waals surface area contributed by atoms with E-state index in [0.29, 0.717) is 32.9 Å². The zero-order chi connectivity index (χ0) is 18.6. The van der Waals surface area contributed by atoms with Gasteiger partial charge in [-0.3, -0.25) is 0 Å². The Bertz CT molecular complexity index is 802. The summed E-state index contributed by atoms with van der Waals surface area (Å²) in [6.45, 7) is 3.83. The quantitative estimate of drug-likeness (QED) is 0.601. The maximum atomic E-state index is 12.0. The minimum atomic E-state index is -0.394. The number of methoxy groups -OCH3 is 3. The van der Waals surface area contributed by atoms with Gasteiger partial charge in [0.2, 0.25) is 0 Å². The van der Waals surface area contributed by atoms with E-state index in [4.69, 9.17) is 26.4 Å². The minimum Gasteiger partial charge on any atom is -0.497 e. The summed E-state index contributed by atoms with van der Waals surface area (Å²) < 4.78 is 15.4. The zero-order valence-electron chi connectivity index (χ0n) is 14.7. The fourth-order valence-corrected chi connectivity index (χ4v) is 3.55. The number of nitrogens with one attached hydrogen (secondary N) is 2. The number of carbonyl (C=O) groups is 1. The molecule has 0 saturated heterocycles. The van der Waals surface area contributed by atoms with E-state index in [1.807, 2.05) is 13.8 Å². The van der Waals surface area contributed by atoms with Crippen LogP contribution in [0.15, 0.2) is 18.2 Å². The summed E-state index contributed by atoms with van der Waals surface area (Å²) in [7, 11) is 4.51. The van der Waals surface area contributed by atoms with Gasteiger partial charge in [-0.15, -0.1) is 11.3 Å². The molecule has 0 radical (unpaired) electrons. The molecule has 25 heavy (non-hydrogen) atoms. The van der Waals surface area contributed by atoms with Crippen molar-refractivity contribution in [3.63, 3.8) is 0 Å². The molecule has 0 fully saturated rings. The van der Waals surface area contributed by atoms with Crippen LogP contribution in [0.1, 0.15) is 20.8 Å². The lowest BCUT2D eigenvalue weighted by Gasteiger charge is -2.14. The van der Waals surface area contributed by atoms with E-state index >= 15 is 0 Å². The van der Waals surface area contributed by atoms with Crippen LogP contribution in [-0.2, 0) is 4.74 Å². The lowest BCUT2D eigenvalue weighted by molar-refractivity contribution is 0.0601. The van der Waals surface area contributed by atoms with Crippen molar-refractivity contribution in [2.75, 3.05) is 32.0 Å². The number of thiophene rings is 1. The van der Waals surface area contributed by atoms with E-state index in [-0.39, 0.29) is 0 Å². The van der Waals surface area contributed by atoms with Gasteiger partial charge in [-0.05, 0) is 43.8 Å². The molecular formula is C17H20N2O4S2. The topological polar surface area (TPSA) is 68.8 Å². The minimum absolute atomic E-state index is 0.342. The van der Waals surface area contributed by atoms with Crippen molar-refractivity contribution in [1.29, 1.82) is 0 Å². The van der Waals surface area contributed by atoms with Gasteiger partial charge in [0.25, 0.3) is 0 Å². The van der Waals surface area contributed by atoms with Crippen molar-refractivity contribution >= 4 is 45.3 Å². The third-order valence-electron chi connectivity index (χ3n) is 3.66. The molecule has 0 aliphatic carbocycles. The lowest BCUT2D eigenvalue weighted by Crippen LogP contribution is -2.20. The Balaban J connectivity index is 2.22. The Hall–Kier alpha value is -2.32. The molecule has 0 bridgehead atoms. The fourth-order valence-electron chi connectivity index (χ4n) is 2.22. The van der Waals surface area contributed by atoms with Gasteiger partial charge in [-0.1, -0.05) is 0 Å². The third-order valence-corrected chi connectivity index (χ3v) is 4.99. The molecule has 2 N–H and O–H groups in total. The van der Waals surface area contributed by atoms with Crippen LogP contribution in [0.4, 0.5) is 10.7 Å². The summed E-state index contributed by atoms with van der Waals surface area (Å²) in [4.78, 5) is 13.0. The first-order valence-electron chi connectivity index (χ1n) is 7.39. The van der Waals surface area contributed by atoms with Gasteiger partial charge in [0, 0.05) is 10.9 Å². The van der Waals surface area contributed by atoms with E-state index in [0.717, 1.165) is 10.4 Å². The Morgan fingerprint density at radius 1 is 1.12 bits per heavy atom. The highest BCUT2D eigenvalue weighted by Gasteiger charge is 2.21. The van der Waals surface area contributed by atoms with Gasteiger partial charge in [0.05, 0.1) is 32.6 Å². The van der Waals surface area contributed by atoms with Crippen molar-refractivity contribution in [3.05, 3.63) is 34.2 Å². The van der Waals surface area contributed by atoms with E-state index < -0.39 is 5.97 Å². The number of anilines is 2. The van der Waals surface area contributed by atoms with Crippen LogP contribution in [0, 0.1) is 13.8 Å². The second kappa shape index (κ2) is 8.17. The normalized spacial score (nSPS) is 10.1. The molecule has 0 spiro atoms. The van der Waals surface area contributed by atoms with Gasteiger partial charge < -0.3 is 24.8 Å². The predicted molar refractivity (Wildman–Crippen MR) is 105 cm³/mol. The average molecular weight is 380 g/mol. The van der Waals surface area contributed by atoms with E-state index in [9.17, 15) is 4.79 Å². The summed E-state index contributed by atoms with van der Waals surface area (Å²) >= 11 is 6.82. The summed E-state index contributed by atoms with van der Waals surface area (Å²) in [6.07, 6.45) is 0. The molecule has 6 nitrogen and oxygen atoms in total. The summed E-state index contributed by atoms with van der Waals surface area (Å²) in [5, 5.41) is 7.12. The van der Waals surface area contributed by atoms with Crippen LogP contribution in [-0.4, -0.2) is 32.4 Å². The second-order valence-electron chi connectivity index (χ2n) is 5.12. The average Bonchev–Trinajstić information content (AvgIpc) is 2.88. The molecule has 0 aliphatic rings. The predicted octanol–water partition coefficient (Wildman–Crippen LogP) is 3.98. The first-order chi connectivity index (χ1) is 11.9. The number of esters is 1. The number of benzene rings is 1. The van der Waals surface area contributed by atoms with Crippen LogP contribution >= 0.6 is 23.6 Å². The summed E-state index contributed by atoms with van der Waals surface area (Å²) in [5.41, 5.74) is 2.06. The van der Waals surface area contributed by atoms with Crippen molar-refractivity contribution in [2.45, 2.75) is 13.8 Å². The Morgan fingerprint density at radius 3 is 2.44 bits per heavy atom. The Labute approximate surface area is 156 Å². The monoisotopic (exact) mass is 380 g/mol. The molecule has 0 amide bonds. The van der Waals surface area contributed by atoms with Gasteiger partial charge in [-0.2, -0.15) is 0 Å². The molecule has 134 valence electrons. The number of ether oxygens (including phenoxy) is 3. The molecule has 1 heterocycles. The molecule has 1 aromatic carbocycles. The largest absolute Gasteiger partial charge is 0.497 e.